The molecule has 1 heterocycles. The van der Waals surface area contributed by atoms with Crippen molar-refractivity contribution < 1.29 is 19.6 Å². The van der Waals surface area contributed by atoms with E-state index >= 15 is 0 Å². The number of hydrogen-bond acceptors (Lipinski definition) is 6. The number of carbonyl (C=O) groups is 1. The van der Waals surface area contributed by atoms with Crippen molar-refractivity contribution in [2.45, 2.75) is 12.5 Å². The molecule has 0 bridgehead atoms. The quantitative estimate of drug-likeness (QED) is 0.411. The number of rotatable bonds is 4. The molecule has 1 rings (SSSR count). The number of aromatic nitrogens is 2. The van der Waals surface area contributed by atoms with Gasteiger partial charge in [0, 0.05) is 0 Å². The van der Waals surface area contributed by atoms with Crippen LogP contribution < -0.4 is 0 Å². The van der Waals surface area contributed by atoms with Crippen molar-refractivity contribution >= 4 is 11.7 Å². The summed E-state index contributed by atoms with van der Waals surface area (Å²) in [5.41, 5.74) is -0.461. The molecule has 1 unspecified atom stereocenters. The van der Waals surface area contributed by atoms with E-state index < -0.39 is 17.0 Å². The van der Waals surface area contributed by atoms with Crippen LogP contribution in [0.4, 0.5) is 5.69 Å². The van der Waals surface area contributed by atoms with E-state index in [2.05, 4.69) is 14.9 Å². The van der Waals surface area contributed by atoms with Crippen LogP contribution in [0.1, 0.15) is 18.2 Å². The Hall–Kier alpha value is -1.96. The topological polar surface area (TPSA) is 118 Å². The normalized spacial score (nSPS) is 12.1. The Labute approximate surface area is 84.0 Å². The zero-order valence-corrected chi connectivity index (χ0v) is 7.84. The second-order valence-electron chi connectivity index (χ2n) is 2.72. The van der Waals surface area contributed by atoms with Gasteiger partial charge in [0.25, 0.3) is 0 Å². The monoisotopic (exact) mass is 215 g/mol. The first-order chi connectivity index (χ1) is 7.06. The number of hydrogen-bond donors (Lipinski definition) is 2. The highest BCUT2D eigenvalue weighted by Crippen LogP contribution is 2.24. The molecule has 1 aromatic rings. The predicted molar refractivity (Wildman–Crippen MR) is 46.8 cm³/mol. The first kappa shape index (κ1) is 11.1. The van der Waals surface area contributed by atoms with Gasteiger partial charge in [-0.05, 0) is 0 Å². The van der Waals surface area contributed by atoms with Crippen LogP contribution >= 0.6 is 0 Å². The number of aliphatic hydroxyl groups is 1. The number of H-pyrrole nitrogens is 1. The van der Waals surface area contributed by atoms with Crippen molar-refractivity contribution in [3.05, 3.63) is 22.0 Å². The number of ether oxygens (including phenoxy) is 1. The molecule has 0 radical (unpaired) electrons. The highest BCUT2D eigenvalue weighted by Gasteiger charge is 2.25. The number of nitro groups is 1. The summed E-state index contributed by atoms with van der Waals surface area (Å²) in [5, 5.41) is 25.6. The van der Waals surface area contributed by atoms with Gasteiger partial charge in [0.05, 0.1) is 18.5 Å². The van der Waals surface area contributed by atoms with Crippen LogP contribution in [0.3, 0.4) is 0 Å². The Balaban J connectivity index is 2.81. The van der Waals surface area contributed by atoms with Gasteiger partial charge in [-0.2, -0.15) is 5.10 Å². The van der Waals surface area contributed by atoms with E-state index in [1.54, 1.807) is 0 Å². The van der Waals surface area contributed by atoms with Gasteiger partial charge in [-0.1, -0.05) is 0 Å². The third-order valence-corrected chi connectivity index (χ3v) is 1.77. The fourth-order valence-corrected chi connectivity index (χ4v) is 1.02. The Bertz CT molecular complexity index is 374. The molecule has 82 valence electrons. The van der Waals surface area contributed by atoms with Crippen molar-refractivity contribution in [2.75, 3.05) is 7.11 Å². The Morgan fingerprint density at radius 3 is 3.07 bits per heavy atom. The van der Waals surface area contributed by atoms with Gasteiger partial charge in [0.2, 0.25) is 0 Å². The molecule has 0 aliphatic rings. The summed E-state index contributed by atoms with van der Waals surface area (Å²) in [5.74, 6) is -0.661. The number of esters is 1. The van der Waals surface area contributed by atoms with E-state index in [0.717, 1.165) is 13.3 Å². The summed E-state index contributed by atoms with van der Waals surface area (Å²) in [6.45, 7) is 0. The summed E-state index contributed by atoms with van der Waals surface area (Å²) < 4.78 is 4.32. The zero-order valence-electron chi connectivity index (χ0n) is 7.84. The van der Waals surface area contributed by atoms with Gasteiger partial charge in [-0.15, -0.1) is 0 Å². The van der Waals surface area contributed by atoms with E-state index in [-0.39, 0.29) is 17.8 Å². The fourth-order valence-electron chi connectivity index (χ4n) is 1.02. The maximum Gasteiger partial charge on any atom is 0.312 e. The average Bonchev–Trinajstić information content (AvgIpc) is 2.65. The van der Waals surface area contributed by atoms with Crippen LogP contribution in [0, 0.1) is 10.1 Å². The molecule has 2 N–H and O–H groups in total. The molecular formula is C7H9N3O5. The number of nitrogens with zero attached hydrogens (tertiary/aromatic N) is 2. The minimum Gasteiger partial charge on any atom is -0.469 e. The number of carbonyl (C=O) groups excluding carboxylic acids is 1. The highest BCUT2D eigenvalue weighted by molar-refractivity contribution is 5.70. The molecule has 8 nitrogen and oxygen atoms in total. The summed E-state index contributed by atoms with van der Waals surface area (Å²) in [6.07, 6.45) is -0.713. The second kappa shape index (κ2) is 4.51. The molecule has 1 atom stereocenters. The molecule has 0 amide bonds. The zero-order chi connectivity index (χ0) is 11.4. The van der Waals surface area contributed by atoms with Crippen molar-refractivity contribution in [3.63, 3.8) is 0 Å². The molecule has 0 aromatic carbocycles. The molecule has 15 heavy (non-hydrogen) atoms. The smallest absolute Gasteiger partial charge is 0.312 e. The second-order valence-corrected chi connectivity index (χ2v) is 2.72. The van der Waals surface area contributed by atoms with Crippen LogP contribution in [-0.2, 0) is 9.53 Å². The van der Waals surface area contributed by atoms with Gasteiger partial charge >= 0.3 is 11.7 Å². The molecule has 0 aliphatic heterocycles. The van der Waals surface area contributed by atoms with Crippen LogP contribution in [0.2, 0.25) is 0 Å². The third kappa shape index (κ3) is 2.50. The van der Waals surface area contributed by atoms with Gasteiger partial charge in [-0.3, -0.25) is 20.0 Å². The Morgan fingerprint density at radius 2 is 2.53 bits per heavy atom. The molecule has 0 saturated heterocycles. The minimum absolute atomic E-state index is 0.106. The number of aromatic amines is 1. The van der Waals surface area contributed by atoms with E-state index in [0.29, 0.717) is 0 Å². The van der Waals surface area contributed by atoms with Crippen LogP contribution in [0.5, 0.6) is 0 Å². The minimum atomic E-state index is -1.32. The maximum absolute atomic E-state index is 10.8. The lowest BCUT2D eigenvalue weighted by molar-refractivity contribution is -0.386. The Kier molecular flexibility index (Phi) is 3.34. The molecule has 0 aliphatic carbocycles. The first-order valence-electron chi connectivity index (χ1n) is 3.98. The molecule has 0 spiro atoms. The first-order valence-corrected chi connectivity index (χ1v) is 3.98. The number of nitrogens with one attached hydrogen (secondary N) is 1. The van der Waals surface area contributed by atoms with Gasteiger partial charge in [0.1, 0.15) is 18.0 Å². The summed E-state index contributed by atoms with van der Waals surface area (Å²) >= 11 is 0. The summed E-state index contributed by atoms with van der Waals surface area (Å²) in [6, 6.07) is 0. The average molecular weight is 215 g/mol. The molecule has 8 heteroatoms. The highest BCUT2D eigenvalue weighted by atomic mass is 16.6. The lowest BCUT2D eigenvalue weighted by Gasteiger charge is -2.05. The lowest BCUT2D eigenvalue weighted by Crippen LogP contribution is -2.09. The van der Waals surface area contributed by atoms with E-state index in [1.165, 1.54) is 0 Å². The van der Waals surface area contributed by atoms with E-state index in [1.807, 2.05) is 0 Å². The Morgan fingerprint density at radius 1 is 1.87 bits per heavy atom. The molecule has 1 aromatic heterocycles. The van der Waals surface area contributed by atoms with E-state index in [4.69, 9.17) is 0 Å². The molecule has 0 fully saturated rings. The van der Waals surface area contributed by atoms with Crippen LogP contribution in [0.15, 0.2) is 6.20 Å². The SMILES string of the molecule is COC(=O)CC(O)c1[nH]ncc1[N+](=O)[O-]. The number of aliphatic hydroxyl groups excluding tert-OH is 1. The molecular weight excluding hydrogens is 206 g/mol. The van der Waals surface area contributed by atoms with Crippen molar-refractivity contribution in [2.24, 2.45) is 0 Å². The maximum atomic E-state index is 10.8. The summed E-state index contributed by atoms with van der Waals surface area (Å²) in [7, 11) is 1.16. The van der Waals surface area contributed by atoms with E-state index in [9.17, 15) is 20.0 Å². The lowest BCUT2D eigenvalue weighted by atomic mass is 10.2. The van der Waals surface area contributed by atoms with Crippen molar-refractivity contribution in [3.8, 4) is 0 Å². The largest absolute Gasteiger partial charge is 0.469 e. The predicted octanol–water partition coefficient (Wildman–Crippen LogP) is -0.0856. The standard InChI is InChI=1S/C7H9N3O5/c1-15-6(12)2-5(11)7-4(10(13)14)3-8-9-7/h3,5,11H,2H2,1H3,(H,8,9). The van der Waals surface area contributed by atoms with Crippen LogP contribution in [0.25, 0.3) is 0 Å². The fraction of sp³-hybridized carbons (Fsp3) is 0.429. The third-order valence-electron chi connectivity index (χ3n) is 1.77. The number of methoxy groups -OCH3 is 1. The van der Waals surface area contributed by atoms with Gasteiger partial charge in [0.15, 0.2) is 0 Å². The van der Waals surface area contributed by atoms with Crippen molar-refractivity contribution in [1.82, 2.24) is 10.2 Å². The van der Waals surface area contributed by atoms with Crippen LogP contribution in [-0.4, -0.2) is 33.3 Å². The van der Waals surface area contributed by atoms with Crippen molar-refractivity contribution in [1.29, 1.82) is 0 Å². The summed E-state index contributed by atoms with van der Waals surface area (Å²) in [4.78, 5) is 20.6. The molecule has 0 saturated carbocycles. The van der Waals surface area contributed by atoms with Gasteiger partial charge in [-0.25, -0.2) is 0 Å². The van der Waals surface area contributed by atoms with Gasteiger partial charge < -0.3 is 9.84 Å².